The highest BCUT2D eigenvalue weighted by molar-refractivity contribution is 7.18. The third-order valence-electron chi connectivity index (χ3n) is 5.68. The van der Waals surface area contributed by atoms with E-state index in [0.29, 0.717) is 23.7 Å². The van der Waals surface area contributed by atoms with Crippen LogP contribution in [-0.2, 0) is 6.54 Å². The summed E-state index contributed by atoms with van der Waals surface area (Å²) < 4.78 is 1.06. The lowest BCUT2D eigenvalue weighted by molar-refractivity contribution is 0.256. The standard InChI is InChI=1S/C26H22N6OS/c27-13-16-2-1-3-20(12-16)32(26(29)33)19-6-4-17(5-7-19)22-15-34-24-21(14-31-25(28)23(22)24)18-8-10-30-11-9-18/h1-12,14-15H,13,27H2,(H2,28,31)(H2,29,33). The number of fused-ring (bicyclic) bond motifs is 1. The van der Waals surface area contributed by atoms with Gasteiger partial charge in [-0.25, -0.2) is 9.78 Å². The fourth-order valence-corrected chi connectivity index (χ4v) is 5.15. The number of aromatic nitrogens is 2. The van der Waals surface area contributed by atoms with Crippen LogP contribution in [0.4, 0.5) is 22.0 Å². The summed E-state index contributed by atoms with van der Waals surface area (Å²) in [4.78, 5) is 22.3. The molecule has 0 aliphatic carbocycles. The van der Waals surface area contributed by atoms with Crippen molar-refractivity contribution in [1.82, 2.24) is 9.97 Å². The first-order chi connectivity index (χ1) is 16.6. The first kappa shape index (κ1) is 21.6. The molecule has 0 aliphatic rings. The van der Waals surface area contributed by atoms with Gasteiger partial charge in [-0.05, 0) is 58.5 Å². The van der Waals surface area contributed by atoms with Crippen molar-refractivity contribution in [2.24, 2.45) is 11.5 Å². The van der Waals surface area contributed by atoms with E-state index in [1.807, 2.05) is 60.7 Å². The summed E-state index contributed by atoms with van der Waals surface area (Å²) in [5.41, 5.74) is 24.0. The Morgan fingerprint density at radius 2 is 1.68 bits per heavy atom. The third-order valence-corrected chi connectivity index (χ3v) is 6.69. The van der Waals surface area contributed by atoms with E-state index in [-0.39, 0.29) is 0 Å². The predicted molar refractivity (Wildman–Crippen MR) is 139 cm³/mol. The number of carbonyl (C=O) groups excluding carboxylic acids is 1. The summed E-state index contributed by atoms with van der Waals surface area (Å²) >= 11 is 1.62. The smallest absolute Gasteiger partial charge is 0.323 e. The number of carbonyl (C=O) groups is 1. The zero-order chi connectivity index (χ0) is 23.7. The largest absolute Gasteiger partial charge is 0.383 e. The van der Waals surface area contributed by atoms with Crippen LogP contribution < -0.4 is 22.1 Å². The predicted octanol–water partition coefficient (Wildman–Crippen LogP) is 5.28. The number of rotatable bonds is 5. The van der Waals surface area contributed by atoms with Crippen molar-refractivity contribution >= 4 is 44.6 Å². The lowest BCUT2D eigenvalue weighted by atomic mass is 10.0. The molecule has 5 rings (SSSR count). The maximum Gasteiger partial charge on any atom is 0.323 e. The molecule has 0 atom stereocenters. The van der Waals surface area contributed by atoms with Gasteiger partial charge in [-0.3, -0.25) is 9.88 Å². The summed E-state index contributed by atoms with van der Waals surface area (Å²) in [7, 11) is 0. The van der Waals surface area contributed by atoms with Gasteiger partial charge in [-0.1, -0.05) is 24.3 Å². The van der Waals surface area contributed by atoms with Gasteiger partial charge in [0.05, 0.1) is 11.4 Å². The van der Waals surface area contributed by atoms with Crippen molar-refractivity contribution in [3.8, 4) is 22.3 Å². The fourth-order valence-electron chi connectivity index (χ4n) is 4.03. The molecule has 6 N–H and O–H groups in total. The zero-order valence-electron chi connectivity index (χ0n) is 18.2. The van der Waals surface area contributed by atoms with Crippen LogP contribution in [0.1, 0.15) is 5.56 Å². The molecule has 0 spiro atoms. The van der Waals surface area contributed by atoms with Gasteiger partial charge in [-0.15, -0.1) is 11.3 Å². The van der Waals surface area contributed by atoms with E-state index in [4.69, 9.17) is 17.2 Å². The highest BCUT2D eigenvalue weighted by Gasteiger charge is 2.18. The monoisotopic (exact) mass is 466 g/mol. The number of thiophene rings is 1. The number of urea groups is 1. The quantitative estimate of drug-likeness (QED) is 0.325. The van der Waals surface area contributed by atoms with Gasteiger partial charge in [0.1, 0.15) is 5.82 Å². The molecule has 5 aromatic rings. The minimum atomic E-state index is -0.571. The summed E-state index contributed by atoms with van der Waals surface area (Å²) in [6.45, 7) is 0.377. The van der Waals surface area contributed by atoms with Crippen LogP contribution in [0.15, 0.2) is 84.6 Å². The number of pyridine rings is 2. The minimum Gasteiger partial charge on any atom is -0.383 e. The molecule has 168 valence electrons. The first-order valence-electron chi connectivity index (χ1n) is 10.6. The number of hydrogen-bond acceptors (Lipinski definition) is 6. The van der Waals surface area contributed by atoms with Crippen molar-refractivity contribution in [2.45, 2.75) is 6.54 Å². The Balaban J connectivity index is 1.56. The molecule has 3 aromatic heterocycles. The van der Waals surface area contributed by atoms with Gasteiger partial charge in [-0.2, -0.15) is 0 Å². The Kier molecular flexibility index (Phi) is 5.67. The summed E-state index contributed by atoms with van der Waals surface area (Å²) in [6.07, 6.45) is 5.33. The molecule has 0 saturated carbocycles. The Morgan fingerprint density at radius 1 is 0.941 bits per heavy atom. The average molecular weight is 467 g/mol. The normalized spacial score (nSPS) is 11.0. The lowest BCUT2D eigenvalue weighted by Crippen LogP contribution is -2.31. The lowest BCUT2D eigenvalue weighted by Gasteiger charge is -2.21. The Hall–Kier alpha value is -4.27. The summed E-state index contributed by atoms with van der Waals surface area (Å²) in [5, 5.41) is 2.99. The van der Waals surface area contributed by atoms with Gasteiger partial charge >= 0.3 is 6.03 Å². The van der Waals surface area contributed by atoms with E-state index >= 15 is 0 Å². The Morgan fingerprint density at radius 3 is 2.38 bits per heavy atom. The molecule has 0 aliphatic heterocycles. The molecule has 0 saturated heterocycles. The van der Waals surface area contributed by atoms with Crippen LogP contribution in [-0.4, -0.2) is 16.0 Å². The van der Waals surface area contributed by atoms with E-state index in [1.165, 1.54) is 4.90 Å². The number of nitrogens with two attached hydrogens (primary N) is 3. The molecular formula is C26H22N6OS. The molecule has 2 aromatic carbocycles. The van der Waals surface area contributed by atoms with E-state index in [9.17, 15) is 4.79 Å². The molecule has 0 unspecified atom stereocenters. The average Bonchev–Trinajstić information content (AvgIpc) is 3.31. The number of amides is 2. The Bertz CT molecular complexity index is 1480. The molecule has 8 heteroatoms. The van der Waals surface area contributed by atoms with E-state index in [2.05, 4.69) is 15.3 Å². The molecule has 0 radical (unpaired) electrons. The molecule has 7 nitrogen and oxygen atoms in total. The SMILES string of the molecule is NCc1cccc(N(C(N)=O)c2ccc(-c3csc4c(-c5ccncc5)cnc(N)c34)cc2)c1. The number of primary amides is 1. The van der Waals surface area contributed by atoms with Crippen LogP contribution in [0.25, 0.3) is 32.3 Å². The van der Waals surface area contributed by atoms with Gasteiger partial charge < -0.3 is 17.2 Å². The minimum absolute atomic E-state index is 0.377. The maximum absolute atomic E-state index is 12.3. The van der Waals surface area contributed by atoms with Gasteiger partial charge in [0, 0.05) is 46.3 Å². The Labute approximate surface area is 200 Å². The highest BCUT2D eigenvalue weighted by Crippen LogP contribution is 2.42. The molecule has 2 amide bonds. The zero-order valence-corrected chi connectivity index (χ0v) is 19.0. The van der Waals surface area contributed by atoms with Gasteiger partial charge in [0.25, 0.3) is 0 Å². The summed E-state index contributed by atoms with van der Waals surface area (Å²) in [6, 6.07) is 18.5. The number of anilines is 3. The van der Waals surface area contributed by atoms with Crippen LogP contribution in [0.3, 0.4) is 0 Å². The first-order valence-corrected chi connectivity index (χ1v) is 11.5. The van der Waals surface area contributed by atoms with Crippen molar-refractivity contribution in [1.29, 1.82) is 0 Å². The second-order valence-corrected chi connectivity index (χ2v) is 8.62. The van der Waals surface area contributed by atoms with E-state index in [1.54, 1.807) is 29.9 Å². The molecular weight excluding hydrogens is 444 g/mol. The van der Waals surface area contributed by atoms with Crippen molar-refractivity contribution in [3.05, 3.63) is 90.2 Å². The van der Waals surface area contributed by atoms with Gasteiger partial charge in [0.2, 0.25) is 0 Å². The molecule has 3 heterocycles. The summed E-state index contributed by atoms with van der Waals surface area (Å²) in [5.74, 6) is 0.477. The fraction of sp³-hybridized carbons (Fsp3) is 0.0385. The second kappa shape index (κ2) is 8.93. The maximum atomic E-state index is 12.3. The number of nitrogen functional groups attached to an aromatic ring is 1. The highest BCUT2D eigenvalue weighted by atomic mass is 32.1. The van der Waals surface area contributed by atoms with Crippen molar-refractivity contribution in [2.75, 3.05) is 10.6 Å². The van der Waals surface area contributed by atoms with Crippen LogP contribution >= 0.6 is 11.3 Å². The number of hydrogen-bond donors (Lipinski definition) is 3. The van der Waals surface area contributed by atoms with E-state index in [0.717, 1.165) is 37.9 Å². The van der Waals surface area contributed by atoms with Crippen molar-refractivity contribution < 1.29 is 4.79 Å². The van der Waals surface area contributed by atoms with Crippen molar-refractivity contribution in [3.63, 3.8) is 0 Å². The van der Waals surface area contributed by atoms with E-state index < -0.39 is 6.03 Å². The van der Waals surface area contributed by atoms with Crippen LogP contribution in [0.5, 0.6) is 0 Å². The van der Waals surface area contributed by atoms with Crippen LogP contribution in [0.2, 0.25) is 0 Å². The topological polar surface area (TPSA) is 124 Å². The molecule has 0 fully saturated rings. The number of benzene rings is 2. The second-order valence-electron chi connectivity index (χ2n) is 7.74. The number of nitrogens with zero attached hydrogens (tertiary/aromatic N) is 3. The molecule has 0 bridgehead atoms. The third kappa shape index (κ3) is 3.85. The van der Waals surface area contributed by atoms with Crippen LogP contribution in [0, 0.1) is 0 Å². The molecule has 34 heavy (non-hydrogen) atoms. The van der Waals surface area contributed by atoms with Gasteiger partial charge in [0.15, 0.2) is 0 Å².